The monoisotopic (exact) mass is 283 g/mol. The molecule has 2 aromatic rings. The van der Waals surface area contributed by atoms with E-state index < -0.39 is 0 Å². The quantitative estimate of drug-likeness (QED) is 0.766. The number of unbranched alkanes of at least 4 members (excludes halogenated alkanes) is 2. The first-order chi connectivity index (χ1) is 10.3. The van der Waals surface area contributed by atoms with Crippen molar-refractivity contribution in [1.29, 1.82) is 0 Å². The van der Waals surface area contributed by atoms with Gasteiger partial charge in [-0.2, -0.15) is 0 Å². The zero-order valence-corrected chi connectivity index (χ0v) is 12.1. The van der Waals surface area contributed by atoms with E-state index in [0.717, 1.165) is 30.4 Å². The first-order valence-corrected chi connectivity index (χ1v) is 7.36. The van der Waals surface area contributed by atoms with E-state index in [0.29, 0.717) is 12.1 Å². The van der Waals surface area contributed by atoms with Crippen LogP contribution in [0.3, 0.4) is 0 Å². The van der Waals surface area contributed by atoms with E-state index in [1.165, 1.54) is 0 Å². The molecule has 0 fully saturated rings. The summed E-state index contributed by atoms with van der Waals surface area (Å²) in [6, 6.07) is 17.7. The highest BCUT2D eigenvalue weighted by atomic mass is 16.2. The second-order valence-electron chi connectivity index (χ2n) is 4.98. The number of hydrogen-bond donors (Lipinski definition) is 2. The predicted molar refractivity (Wildman–Crippen MR) is 85.1 cm³/mol. The van der Waals surface area contributed by atoms with Crippen molar-refractivity contribution in [3.05, 3.63) is 60.2 Å². The molecule has 0 bridgehead atoms. The largest absolute Gasteiger partial charge is 0.396 e. The Morgan fingerprint density at radius 2 is 1.52 bits per heavy atom. The van der Waals surface area contributed by atoms with Gasteiger partial charge in [0.15, 0.2) is 0 Å². The number of carbonyl (C=O) groups excluding carboxylic acids is 1. The Bertz CT molecular complexity index is 549. The van der Waals surface area contributed by atoms with Gasteiger partial charge in [0.1, 0.15) is 0 Å². The van der Waals surface area contributed by atoms with Crippen LogP contribution in [-0.4, -0.2) is 24.2 Å². The fraction of sp³-hybridized carbons (Fsp3) is 0.278. The summed E-state index contributed by atoms with van der Waals surface area (Å²) >= 11 is 0. The van der Waals surface area contributed by atoms with Gasteiger partial charge >= 0.3 is 0 Å². The summed E-state index contributed by atoms with van der Waals surface area (Å²) in [5.41, 5.74) is 2.93. The lowest BCUT2D eigenvalue weighted by atomic mass is 10.0. The molecule has 0 unspecified atom stereocenters. The van der Waals surface area contributed by atoms with E-state index in [1.807, 2.05) is 42.5 Å². The van der Waals surface area contributed by atoms with Crippen LogP contribution >= 0.6 is 0 Å². The van der Waals surface area contributed by atoms with Gasteiger partial charge in [-0.3, -0.25) is 4.79 Å². The smallest absolute Gasteiger partial charge is 0.251 e. The highest BCUT2D eigenvalue weighted by molar-refractivity contribution is 5.94. The van der Waals surface area contributed by atoms with Crippen molar-refractivity contribution in [2.45, 2.75) is 19.3 Å². The summed E-state index contributed by atoms with van der Waals surface area (Å²) in [6.07, 6.45) is 2.62. The average molecular weight is 283 g/mol. The van der Waals surface area contributed by atoms with E-state index in [1.54, 1.807) is 0 Å². The molecule has 2 N–H and O–H groups in total. The van der Waals surface area contributed by atoms with Crippen LogP contribution in [0.4, 0.5) is 0 Å². The normalized spacial score (nSPS) is 10.3. The topological polar surface area (TPSA) is 49.3 Å². The number of benzene rings is 2. The molecule has 110 valence electrons. The predicted octanol–water partition coefficient (Wildman–Crippen LogP) is 3.25. The van der Waals surface area contributed by atoms with Gasteiger partial charge in [0.2, 0.25) is 0 Å². The van der Waals surface area contributed by atoms with Crippen LogP contribution in [0, 0.1) is 0 Å². The summed E-state index contributed by atoms with van der Waals surface area (Å²) < 4.78 is 0. The Balaban J connectivity index is 1.88. The number of aliphatic hydroxyl groups excluding tert-OH is 1. The molecular weight excluding hydrogens is 262 g/mol. The minimum atomic E-state index is -0.0430. The number of carbonyl (C=O) groups is 1. The maximum Gasteiger partial charge on any atom is 0.251 e. The van der Waals surface area contributed by atoms with Crippen molar-refractivity contribution in [2.24, 2.45) is 0 Å². The molecule has 2 aromatic carbocycles. The van der Waals surface area contributed by atoms with E-state index >= 15 is 0 Å². The summed E-state index contributed by atoms with van der Waals surface area (Å²) in [4.78, 5) is 12.0. The fourth-order valence-electron chi connectivity index (χ4n) is 2.16. The maximum atomic E-state index is 12.0. The average Bonchev–Trinajstić information content (AvgIpc) is 2.55. The van der Waals surface area contributed by atoms with E-state index in [9.17, 15) is 4.79 Å². The molecule has 21 heavy (non-hydrogen) atoms. The zero-order chi connectivity index (χ0) is 14.9. The molecule has 3 heteroatoms. The summed E-state index contributed by atoms with van der Waals surface area (Å²) in [5, 5.41) is 11.6. The lowest BCUT2D eigenvalue weighted by Crippen LogP contribution is -2.24. The van der Waals surface area contributed by atoms with Gasteiger partial charge < -0.3 is 10.4 Å². The molecule has 0 atom stereocenters. The lowest BCUT2D eigenvalue weighted by Gasteiger charge is -2.06. The van der Waals surface area contributed by atoms with Crippen molar-refractivity contribution in [2.75, 3.05) is 13.2 Å². The van der Waals surface area contributed by atoms with Crippen LogP contribution in [0.5, 0.6) is 0 Å². The second-order valence-corrected chi connectivity index (χ2v) is 4.98. The van der Waals surface area contributed by atoms with Gasteiger partial charge in [0.25, 0.3) is 5.91 Å². The molecule has 3 nitrogen and oxygen atoms in total. The number of rotatable bonds is 7. The van der Waals surface area contributed by atoms with Crippen LogP contribution in [0.15, 0.2) is 54.6 Å². The third-order valence-corrected chi connectivity index (χ3v) is 3.37. The third-order valence-electron chi connectivity index (χ3n) is 3.37. The molecule has 0 saturated carbocycles. The van der Waals surface area contributed by atoms with Gasteiger partial charge in [0.05, 0.1) is 0 Å². The summed E-state index contributed by atoms with van der Waals surface area (Å²) in [5.74, 6) is -0.0430. The minimum Gasteiger partial charge on any atom is -0.396 e. The summed E-state index contributed by atoms with van der Waals surface area (Å²) in [7, 11) is 0. The van der Waals surface area contributed by atoms with Crippen LogP contribution in [0.1, 0.15) is 29.6 Å². The number of amides is 1. The van der Waals surface area contributed by atoms with E-state index in [2.05, 4.69) is 17.4 Å². The number of aliphatic hydroxyl groups is 1. The number of nitrogens with one attached hydrogen (secondary N) is 1. The maximum absolute atomic E-state index is 12.0. The summed E-state index contributed by atoms with van der Waals surface area (Å²) in [6.45, 7) is 0.869. The molecule has 0 saturated heterocycles. The van der Waals surface area contributed by atoms with Crippen LogP contribution < -0.4 is 5.32 Å². The first kappa shape index (κ1) is 15.3. The molecule has 0 aliphatic rings. The molecule has 0 heterocycles. The van der Waals surface area contributed by atoms with Crippen molar-refractivity contribution < 1.29 is 9.90 Å². The van der Waals surface area contributed by atoms with Gasteiger partial charge in [-0.15, -0.1) is 0 Å². The Labute approximate surface area is 125 Å². The van der Waals surface area contributed by atoms with Crippen molar-refractivity contribution in [3.8, 4) is 11.1 Å². The standard InChI is InChI=1S/C18H21NO2/c20-14-6-2-5-13-19-18(21)17-11-9-16(10-12-17)15-7-3-1-4-8-15/h1,3-4,7-12,20H,2,5-6,13-14H2,(H,19,21). The second kappa shape index (κ2) is 8.22. The van der Waals surface area contributed by atoms with E-state index in [4.69, 9.17) is 5.11 Å². The molecule has 1 amide bonds. The first-order valence-electron chi connectivity index (χ1n) is 7.36. The zero-order valence-electron chi connectivity index (χ0n) is 12.1. The van der Waals surface area contributed by atoms with Gasteiger partial charge in [-0.25, -0.2) is 0 Å². The molecule has 0 radical (unpaired) electrons. The lowest BCUT2D eigenvalue weighted by molar-refractivity contribution is 0.0953. The van der Waals surface area contributed by atoms with Crippen LogP contribution in [0.2, 0.25) is 0 Å². The van der Waals surface area contributed by atoms with Crippen LogP contribution in [0.25, 0.3) is 11.1 Å². The molecule has 0 aliphatic carbocycles. The molecule has 0 aromatic heterocycles. The van der Waals surface area contributed by atoms with Crippen molar-refractivity contribution >= 4 is 5.91 Å². The highest BCUT2D eigenvalue weighted by Gasteiger charge is 2.05. The Morgan fingerprint density at radius 3 is 2.19 bits per heavy atom. The SMILES string of the molecule is O=C(NCCCCCO)c1ccc(-c2ccccc2)cc1. The Hall–Kier alpha value is -2.13. The fourth-order valence-corrected chi connectivity index (χ4v) is 2.16. The Morgan fingerprint density at radius 1 is 0.857 bits per heavy atom. The number of hydrogen-bond acceptors (Lipinski definition) is 2. The Kier molecular flexibility index (Phi) is 5.98. The molecular formula is C18H21NO2. The van der Waals surface area contributed by atoms with Crippen molar-refractivity contribution in [3.63, 3.8) is 0 Å². The third kappa shape index (κ3) is 4.72. The molecule has 0 spiro atoms. The molecule has 2 rings (SSSR count). The van der Waals surface area contributed by atoms with Crippen LogP contribution in [-0.2, 0) is 0 Å². The highest BCUT2D eigenvalue weighted by Crippen LogP contribution is 2.19. The van der Waals surface area contributed by atoms with E-state index in [-0.39, 0.29) is 12.5 Å². The minimum absolute atomic E-state index is 0.0430. The van der Waals surface area contributed by atoms with Crippen molar-refractivity contribution in [1.82, 2.24) is 5.32 Å². The van der Waals surface area contributed by atoms with Gasteiger partial charge in [0, 0.05) is 18.7 Å². The van der Waals surface area contributed by atoms with Gasteiger partial charge in [-0.1, -0.05) is 42.5 Å². The molecule has 0 aliphatic heterocycles. The van der Waals surface area contributed by atoms with Gasteiger partial charge in [-0.05, 0) is 42.5 Å².